The molecule has 2 aliphatic rings. The SMILES string of the molecule is C[C@@H]1CN(S(=O)(=O)c2cccc(C(=O)NCCCC3CCCC3)c2)C[C@@H](C)O1. The van der Waals surface area contributed by atoms with Gasteiger partial charge in [0.15, 0.2) is 0 Å². The fourth-order valence-electron chi connectivity index (χ4n) is 4.27. The zero-order valence-electron chi connectivity index (χ0n) is 16.9. The van der Waals surface area contributed by atoms with Gasteiger partial charge in [0.1, 0.15) is 0 Å². The van der Waals surface area contributed by atoms with Crippen molar-refractivity contribution in [2.75, 3.05) is 19.6 Å². The minimum atomic E-state index is -3.65. The number of carbonyl (C=O) groups excluding carboxylic acids is 1. The fourth-order valence-corrected chi connectivity index (χ4v) is 5.90. The van der Waals surface area contributed by atoms with Crippen LogP contribution in [0.15, 0.2) is 29.2 Å². The smallest absolute Gasteiger partial charge is 0.251 e. The largest absolute Gasteiger partial charge is 0.373 e. The van der Waals surface area contributed by atoms with Gasteiger partial charge in [-0.1, -0.05) is 31.7 Å². The van der Waals surface area contributed by atoms with Crippen molar-refractivity contribution >= 4 is 15.9 Å². The first kappa shape index (κ1) is 21.3. The maximum absolute atomic E-state index is 13.0. The van der Waals surface area contributed by atoms with Gasteiger partial charge in [0.05, 0.1) is 17.1 Å². The van der Waals surface area contributed by atoms with Crippen LogP contribution >= 0.6 is 0 Å². The molecule has 0 radical (unpaired) electrons. The Morgan fingerprint density at radius 1 is 1.18 bits per heavy atom. The van der Waals surface area contributed by atoms with E-state index in [4.69, 9.17) is 4.74 Å². The summed E-state index contributed by atoms with van der Waals surface area (Å²) in [6.45, 7) is 5.01. The van der Waals surface area contributed by atoms with Crippen LogP contribution in [0.1, 0.15) is 62.7 Å². The van der Waals surface area contributed by atoms with Crippen LogP contribution in [0.4, 0.5) is 0 Å². The maximum Gasteiger partial charge on any atom is 0.251 e. The third kappa shape index (κ3) is 5.33. The van der Waals surface area contributed by atoms with E-state index in [0.29, 0.717) is 25.2 Å². The Kier molecular flexibility index (Phi) is 7.12. The number of amides is 1. The van der Waals surface area contributed by atoms with Gasteiger partial charge < -0.3 is 10.1 Å². The van der Waals surface area contributed by atoms with Crippen molar-refractivity contribution in [3.8, 4) is 0 Å². The number of ether oxygens (including phenoxy) is 1. The summed E-state index contributed by atoms with van der Waals surface area (Å²) in [6, 6.07) is 6.33. The molecule has 0 unspecified atom stereocenters. The summed E-state index contributed by atoms with van der Waals surface area (Å²) in [5.41, 5.74) is 0.385. The molecule has 1 aromatic carbocycles. The van der Waals surface area contributed by atoms with Gasteiger partial charge >= 0.3 is 0 Å². The molecule has 1 aromatic rings. The van der Waals surface area contributed by atoms with E-state index in [2.05, 4.69) is 5.32 Å². The van der Waals surface area contributed by atoms with Crippen LogP contribution in [0.2, 0.25) is 0 Å². The van der Waals surface area contributed by atoms with Crippen molar-refractivity contribution in [2.45, 2.75) is 69.5 Å². The zero-order valence-corrected chi connectivity index (χ0v) is 17.7. The molecule has 0 spiro atoms. The average molecular weight is 409 g/mol. The Labute approximate surface area is 168 Å². The number of hydrogen-bond acceptors (Lipinski definition) is 4. The second-order valence-corrected chi connectivity index (χ2v) is 10.1. The summed E-state index contributed by atoms with van der Waals surface area (Å²) in [4.78, 5) is 12.6. The first-order chi connectivity index (χ1) is 13.4. The molecule has 6 nitrogen and oxygen atoms in total. The molecule has 156 valence electrons. The normalized spacial score (nSPS) is 24.4. The molecule has 28 heavy (non-hydrogen) atoms. The highest BCUT2D eigenvalue weighted by Crippen LogP contribution is 2.28. The molecule has 3 rings (SSSR count). The molecular formula is C21H32N2O4S. The van der Waals surface area contributed by atoms with Crippen molar-refractivity contribution in [1.29, 1.82) is 0 Å². The second-order valence-electron chi connectivity index (χ2n) is 8.16. The standard InChI is InChI=1S/C21H32N2O4S/c1-16-14-23(15-17(2)27-16)28(25,26)20-11-5-10-19(13-20)21(24)22-12-6-9-18-7-3-4-8-18/h5,10-11,13,16-18H,3-4,6-9,12,14-15H2,1-2H3,(H,22,24)/t16-,17-/m1/s1. The molecule has 7 heteroatoms. The molecule has 1 heterocycles. The van der Waals surface area contributed by atoms with Crippen molar-refractivity contribution in [3.63, 3.8) is 0 Å². The monoisotopic (exact) mass is 408 g/mol. The number of sulfonamides is 1. The van der Waals surface area contributed by atoms with Crippen LogP contribution < -0.4 is 5.32 Å². The Bertz CT molecular complexity index is 764. The van der Waals surface area contributed by atoms with Crippen LogP contribution in [0.5, 0.6) is 0 Å². The zero-order chi connectivity index (χ0) is 20.1. The molecule has 0 bridgehead atoms. The Balaban J connectivity index is 1.60. The van der Waals surface area contributed by atoms with Gasteiger partial charge in [0.2, 0.25) is 10.0 Å². The molecule has 1 aliphatic heterocycles. The van der Waals surface area contributed by atoms with Crippen LogP contribution in [0, 0.1) is 5.92 Å². The number of carbonyl (C=O) groups is 1. The molecule has 1 N–H and O–H groups in total. The van der Waals surface area contributed by atoms with Gasteiger partial charge in [-0.2, -0.15) is 4.31 Å². The summed E-state index contributed by atoms with van der Waals surface area (Å²) in [7, 11) is -3.65. The number of morpholine rings is 1. The van der Waals surface area contributed by atoms with Gasteiger partial charge in [-0.25, -0.2) is 8.42 Å². The average Bonchev–Trinajstić information content (AvgIpc) is 3.18. The topological polar surface area (TPSA) is 75.7 Å². The summed E-state index contributed by atoms with van der Waals surface area (Å²) < 4.78 is 33.1. The summed E-state index contributed by atoms with van der Waals surface area (Å²) in [5, 5.41) is 2.93. The van der Waals surface area contributed by atoms with Crippen LogP contribution in [0.25, 0.3) is 0 Å². The van der Waals surface area contributed by atoms with E-state index in [1.54, 1.807) is 18.2 Å². The van der Waals surface area contributed by atoms with E-state index in [-0.39, 0.29) is 23.0 Å². The van der Waals surface area contributed by atoms with E-state index in [9.17, 15) is 13.2 Å². The predicted molar refractivity (Wildman–Crippen MR) is 109 cm³/mol. The molecule has 1 saturated heterocycles. The predicted octanol–water partition coefficient (Wildman–Crippen LogP) is 3.18. The highest BCUT2D eigenvalue weighted by Gasteiger charge is 2.32. The first-order valence-electron chi connectivity index (χ1n) is 10.4. The molecule has 1 amide bonds. The van der Waals surface area contributed by atoms with Crippen molar-refractivity contribution < 1.29 is 17.9 Å². The lowest BCUT2D eigenvalue weighted by atomic mass is 10.0. The van der Waals surface area contributed by atoms with E-state index < -0.39 is 10.0 Å². The van der Waals surface area contributed by atoms with Gasteiger partial charge in [0, 0.05) is 25.2 Å². The van der Waals surface area contributed by atoms with Crippen molar-refractivity contribution in [2.24, 2.45) is 5.92 Å². The van der Waals surface area contributed by atoms with Gasteiger partial charge in [-0.3, -0.25) is 4.79 Å². The molecule has 2 fully saturated rings. The Hall–Kier alpha value is -1.44. The van der Waals surface area contributed by atoms with E-state index in [1.165, 1.54) is 36.1 Å². The number of nitrogens with zero attached hydrogens (tertiary/aromatic N) is 1. The highest BCUT2D eigenvalue weighted by atomic mass is 32.2. The summed E-state index contributed by atoms with van der Waals surface area (Å²) in [6.07, 6.45) is 7.12. The van der Waals surface area contributed by atoms with Crippen LogP contribution in [-0.4, -0.2) is 50.5 Å². The minimum absolute atomic E-state index is 0.148. The lowest BCUT2D eigenvalue weighted by molar-refractivity contribution is -0.0440. The molecule has 1 saturated carbocycles. The molecule has 2 atom stereocenters. The fraction of sp³-hybridized carbons (Fsp3) is 0.667. The van der Waals surface area contributed by atoms with E-state index in [0.717, 1.165) is 18.8 Å². The maximum atomic E-state index is 13.0. The van der Waals surface area contributed by atoms with Crippen LogP contribution in [0.3, 0.4) is 0 Å². The third-order valence-corrected chi connectivity index (χ3v) is 7.50. The number of hydrogen-bond donors (Lipinski definition) is 1. The second kappa shape index (κ2) is 9.37. The Morgan fingerprint density at radius 2 is 1.86 bits per heavy atom. The number of benzene rings is 1. The van der Waals surface area contributed by atoms with Crippen molar-refractivity contribution in [1.82, 2.24) is 9.62 Å². The Morgan fingerprint density at radius 3 is 2.54 bits per heavy atom. The van der Waals surface area contributed by atoms with Crippen LogP contribution in [-0.2, 0) is 14.8 Å². The molecule has 1 aliphatic carbocycles. The van der Waals surface area contributed by atoms with Gasteiger partial charge in [-0.05, 0) is 50.8 Å². The number of nitrogens with one attached hydrogen (secondary N) is 1. The summed E-state index contributed by atoms with van der Waals surface area (Å²) in [5.74, 6) is 0.593. The third-order valence-electron chi connectivity index (χ3n) is 5.67. The van der Waals surface area contributed by atoms with E-state index in [1.807, 2.05) is 13.8 Å². The van der Waals surface area contributed by atoms with Gasteiger partial charge in [-0.15, -0.1) is 0 Å². The molecular weight excluding hydrogens is 376 g/mol. The molecule has 0 aromatic heterocycles. The van der Waals surface area contributed by atoms with Gasteiger partial charge in [0.25, 0.3) is 5.91 Å². The first-order valence-corrected chi connectivity index (χ1v) is 11.8. The van der Waals surface area contributed by atoms with E-state index >= 15 is 0 Å². The number of rotatable bonds is 7. The minimum Gasteiger partial charge on any atom is -0.373 e. The van der Waals surface area contributed by atoms with Crippen molar-refractivity contribution in [3.05, 3.63) is 29.8 Å². The lowest BCUT2D eigenvalue weighted by Crippen LogP contribution is -2.48. The highest BCUT2D eigenvalue weighted by molar-refractivity contribution is 7.89. The lowest BCUT2D eigenvalue weighted by Gasteiger charge is -2.34. The summed E-state index contributed by atoms with van der Waals surface area (Å²) >= 11 is 0. The quantitative estimate of drug-likeness (QED) is 0.703.